The number of carbonyl (C=O) groups is 1. The summed E-state index contributed by atoms with van der Waals surface area (Å²) in [6, 6.07) is 5.83. The van der Waals surface area contributed by atoms with E-state index in [0.717, 1.165) is 29.4 Å². The van der Waals surface area contributed by atoms with Gasteiger partial charge in [-0.1, -0.05) is 6.07 Å². The Bertz CT molecular complexity index is 827. The number of hydrogen-bond acceptors (Lipinski definition) is 5. The van der Waals surface area contributed by atoms with Gasteiger partial charge in [-0.25, -0.2) is 4.79 Å². The molecular weight excluding hydrogens is 324 g/mol. The quantitative estimate of drug-likeness (QED) is 0.696. The molecule has 24 heavy (non-hydrogen) atoms. The van der Waals surface area contributed by atoms with E-state index >= 15 is 0 Å². The van der Waals surface area contributed by atoms with Gasteiger partial charge in [-0.15, -0.1) is 0 Å². The number of nitrogens with one attached hydrogen (secondary N) is 1. The highest BCUT2D eigenvalue weighted by Gasteiger charge is 2.09. The van der Waals surface area contributed by atoms with Crippen LogP contribution in [0.5, 0.6) is 0 Å². The van der Waals surface area contributed by atoms with E-state index in [0.29, 0.717) is 13.1 Å². The molecule has 0 spiro atoms. The van der Waals surface area contributed by atoms with Crippen LogP contribution >= 0.6 is 11.7 Å². The minimum Gasteiger partial charge on any atom is -0.338 e. The molecule has 0 aliphatic heterocycles. The van der Waals surface area contributed by atoms with Crippen LogP contribution in [0.25, 0.3) is 11.0 Å². The zero-order chi connectivity index (χ0) is 16.9. The fraction of sp³-hybridized carbons (Fsp3) is 0.375. The van der Waals surface area contributed by atoms with Gasteiger partial charge in [-0.05, 0) is 36.1 Å². The van der Waals surface area contributed by atoms with Crippen molar-refractivity contribution in [2.24, 2.45) is 7.05 Å². The van der Waals surface area contributed by atoms with Crippen LogP contribution in [0.1, 0.15) is 17.5 Å². The van der Waals surface area contributed by atoms with Crippen LogP contribution in [-0.2, 0) is 20.0 Å². The van der Waals surface area contributed by atoms with Crippen LogP contribution in [0.3, 0.4) is 0 Å². The van der Waals surface area contributed by atoms with E-state index < -0.39 is 0 Å². The average Bonchev–Trinajstić information content (AvgIpc) is 3.19. The molecule has 0 saturated heterocycles. The van der Waals surface area contributed by atoms with Gasteiger partial charge in [0.05, 0.1) is 17.9 Å². The molecule has 3 rings (SSSR count). The van der Waals surface area contributed by atoms with Gasteiger partial charge in [0.25, 0.3) is 0 Å². The molecule has 2 aromatic heterocycles. The summed E-state index contributed by atoms with van der Waals surface area (Å²) in [5.41, 5.74) is 4.00. The minimum absolute atomic E-state index is 0.0716. The molecule has 1 aromatic carbocycles. The van der Waals surface area contributed by atoms with Crippen LogP contribution in [0, 0.1) is 0 Å². The normalized spacial score (nSPS) is 10.9. The van der Waals surface area contributed by atoms with E-state index in [1.54, 1.807) is 16.6 Å². The number of rotatable bonds is 6. The third kappa shape index (κ3) is 4.08. The lowest BCUT2D eigenvalue weighted by atomic mass is 10.2. The maximum Gasteiger partial charge on any atom is 0.317 e. The van der Waals surface area contributed by atoms with Gasteiger partial charge >= 0.3 is 6.03 Å². The number of nitrogens with zero attached hydrogens (tertiary/aromatic N) is 5. The molecule has 0 radical (unpaired) electrons. The number of aryl methyl sites for hydroxylation is 2. The van der Waals surface area contributed by atoms with Gasteiger partial charge in [0.1, 0.15) is 11.0 Å². The van der Waals surface area contributed by atoms with Crippen LogP contribution in [0.4, 0.5) is 4.79 Å². The van der Waals surface area contributed by atoms with Gasteiger partial charge in [-0.2, -0.15) is 13.8 Å². The van der Waals surface area contributed by atoms with Crippen LogP contribution < -0.4 is 5.32 Å². The summed E-state index contributed by atoms with van der Waals surface area (Å²) >= 11 is 1.20. The molecule has 126 valence electrons. The van der Waals surface area contributed by atoms with E-state index in [4.69, 9.17) is 0 Å². The summed E-state index contributed by atoms with van der Waals surface area (Å²) in [5.74, 6) is 0. The Balaban J connectivity index is 1.44. The van der Waals surface area contributed by atoms with Crippen molar-refractivity contribution >= 4 is 28.8 Å². The Kier molecular flexibility index (Phi) is 5.05. The lowest BCUT2D eigenvalue weighted by molar-refractivity contribution is 0.207. The molecule has 0 aliphatic rings. The Hall–Kier alpha value is -2.48. The third-order valence-electron chi connectivity index (χ3n) is 3.76. The number of fused-ring (bicyclic) bond motifs is 1. The van der Waals surface area contributed by atoms with Crippen molar-refractivity contribution < 1.29 is 4.79 Å². The van der Waals surface area contributed by atoms with E-state index in [2.05, 4.69) is 19.2 Å². The number of urea groups is 1. The molecule has 0 saturated carbocycles. The molecule has 0 aliphatic carbocycles. The topological polar surface area (TPSA) is 75.9 Å². The standard InChI is InChI=1S/C16H20N6OS/c1-21(10-12-5-6-14-15(8-12)20-24-19-14)16(23)17-7-3-4-13-9-18-22(2)11-13/h5-6,8-9,11H,3-4,7,10H2,1-2H3,(H,17,23). The Morgan fingerprint density at radius 2 is 2.12 bits per heavy atom. The lowest BCUT2D eigenvalue weighted by Gasteiger charge is -2.18. The molecule has 8 heteroatoms. The second kappa shape index (κ2) is 7.39. The fourth-order valence-electron chi connectivity index (χ4n) is 2.50. The highest BCUT2D eigenvalue weighted by molar-refractivity contribution is 7.00. The molecule has 0 atom stereocenters. The predicted octanol–water partition coefficient (Wildman–Crippen LogP) is 2.20. The first-order valence-corrected chi connectivity index (χ1v) is 8.52. The maximum absolute atomic E-state index is 12.1. The maximum atomic E-state index is 12.1. The van der Waals surface area contributed by atoms with Crippen LogP contribution in [0.2, 0.25) is 0 Å². The van der Waals surface area contributed by atoms with Crippen LogP contribution in [0.15, 0.2) is 30.6 Å². The first-order valence-electron chi connectivity index (χ1n) is 7.79. The summed E-state index contributed by atoms with van der Waals surface area (Å²) < 4.78 is 10.2. The summed E-state index contributed by atoms with van der Waals surface area (Å²) in [5, 5.41) is 7.08. The predicted molar refractivity (Wildman–Crippen MR) is 93.8 cm³/mol. The third-order valence-corrected chi connectivity index (χ3v) is 4.32. The Morgan fingerprint density at radius 3 is 2.92 bits per heavy atom. The summed E-state index contributed by atoms with van der Waals surface area (Å²) in [6.45, 7) is 1.19. The number of aromatic nitrogens is 4. The van der Waals surface area contributed by atoms with Gasteiger partial charge in [0.15, 0.2) is 0 Å². The van der Waals surface area contributed by atoms with E-state index in [9.17, 15) is 4.79 Å². The van der Waals surface area contributed by atoms with Crippen molar-refractivity contribution in [3.05, 3.63) is 41.7 Å². The van der Waals surface area contributed by atoms with Crippen molar-refractivity contribution in [1.82, 2.24) is 28.7 Å². The number of benzene rings is 1. The second-order valence-corrected chi connectivity index (χ2v) is 6.33. The Morgan fingerprint density at radius 1 is 1.29 bits per heavy atom. The van der Waals surface area contributed by atoms with Crippen molar-refractivity contribution in [1.29, 1.82) is 0 Å². The molecule has 2 heterocycles. The van der Waals surface area contributed by atoms with Crippen molar-refractivity contribution in [3.63, 3.8) is 0 Å². The van der Waals surface area contributed by atoms with Gasteiger partial charge < -0.3 is 10.2 Å². The molecule has 0 fully saturated rings. The van der Waals surface area contributed by atoms with Crippen molar-refractivity contribution in [2.45, 2.75) is 19.4 Å². The smallest absolute Gasteiger partial charge is 0.317 e. The zero-order valence-corrected chi connectivity index (χ0v) is 14.6. The van der Waals surface area contributed by atoms with Gasteiger partial charge in [0.2, 0.25) is 0 Å². The molecule has 7 nitrogen and oxygen atoms in total. The summed E-state index contributed by atoms with van der Waals surface area (Å²) in [4.78, 5) is 13.8. The van der Waals surface area contributed by atoms with Crippen molar-refractivity contribution in [2.75, 3.05) is 13.6 Å². The number of amides is 2. The average molecular weight is 344 g/mol. The lowest BCUT2D eigenvalue weighted by Crippen LogP contribution is -2.37. The second-order valence-electron chi connectivity index (χ2n) is 5.80. The fourth-order valence-corrected chi connectivity index (χ4v) is 3.01. The SMILES string of the molecule is CN(Cc1ccc2nsnc2c1)C(=O)NCCCc1cnn(C)c1. The first-order chi connectivity index (χ1) is 11.6. The molecule has 0 bridgehead atoms. The minimum atomic E-state index is -0.0716. The largest absolute Gasteiger partial charge is 0.338 e. The Labute approximate surface area is 144 Å². The molecular formula is C16H20N6OS. The highest BCUT2D eigenvalue weighted by atomic mass is 32.1. The van der Waals surface area contributed by atoms with E-state index in [1.165, 1.54) is 17.3 Å². The van der Waals surface area contributed by atoms with E-state index in [1.807, 2.05) is 37.6 Å². The van der Waals surface area contributed by atoms with Gasteiger partial charge in [-0.3, -0.25) is 4.68 Å². The molecule has 1 N–H and O–H groups in total. The molecule has 2 amide bonds. The molecule has 3 aromatic rings. The monoisotopic (exact) mass is 344 g/mol. The van der Waals surface area contributed by atoms with E-state index in [-0.39, 0.29) is 6.03 Å². The number of hydrogen-bond donors (Lipinski definition) is 1. The molecule has 0 unspecified atom stereocenters. The van der Waals surface area contributed by atoms with Crippen molar-refractivity contribution in [3.8, 4) is 0 Å². The van der Waals surface area contributed by atoms with Crippen LogP contribution in [-0.4, -0.2) is 43.1 Å². The zero-order valence-electron chi connectivity index (χ0n) is 13.8. The first kappa shape index (κ1) is 16.4. The number of carbonyl (C=O) groups excluding carboxylic acids is 1. The van der Waals surface area contributed by atoms with Gasteiger partial charge in [0, 0.05) is 33.4 Å². The highest BCUT2D eigenvalue weighted by Crippen LogP contribution is 2.14. The summed E-state index contributed by atoms with van der Waals surface area (Å²) in [7, 11) is 3.69. The summed E-state index contributed by atoms with van der Waals surface area (Å²) in [6.07, 6.45) is 5.65.